The average Bonchev–Trinajstić information content (AvgIpc) is 3.41. The molecule has 7 nitrogen and oxygen atoms in total. The van der Waals surface area contributed by atoms with Crippen molar-refractivity contribution in [1.82, 2.24) is 4.90 Å². The van der Waals surface area contributed by atoms with E-state index in [1.165, 1.54) is 36.5 Å². The summed E-state index contributed by atoms with van der Waals surface area (Å²) in [5, 5.41) is 14.4. The maximum absolute atomic E-state index is 14.2. The Kier molecular flexibility index (Phi) is 18.6. The number of halogens is 5. The third-order valence-corrected chi connectivity index (χ3v) is 17.6. The van der Waals surface area contributed by atoms with Crippen LogP contribution in [0.25, 0.3) is 32.3 Å². The van der Waals surface area contributed by atoms with E-state index in [2.05, 4.69) is 78.0 Å². The molecule has 2 atom stereocenters. The maximum Gasteiger partial charge on any atom is 0.306 e. The normalized spacial score (nSPS) is 25.8. The van der Waals surface area contributed by atoms with Crippen molar-refractivity contribution in [2.75, 3.05) is 0 Å². The number of carbonyl (C=O) groups is 2. The molecule has 11 rings (SSSR count). The molecule has 3 aliphatic carbocycles. The van der Waals surface area contributed by atoms with E-state index in [9.17, 15) is 32.3 Å². The summed E-state index contributed by atoms with van der Waals surface area (Å²) in [6.45, 7) is 7.52. The number of hydrogen-bond acceptors (Lipinski definition) is 6. The van der Waals surface area contributed by atoms with Crippen LogP contribution in [0.1, 0.15) is 170 Å². The van der Waals surface area contributed by atoms with Gasteiger partial charge in [0, 0.05) is 28.7 Å². The van der Waals surface area contributed by atoms with Crippen LogP contribution in [-0.2, 0) is 11.3 Å². The van der Waals surface area contributed by atoms with Gasteiger partial charge in [-0.3, -0.25) is 14.5 Å². The molecular formula is C64H74BrF4NO6. The quantitative estimate of drug-likeness (QED) is 0.0965. The third-order valence-electron chi connectivity index (χ3n) is 17.1. The Morgan fingerprint density at radius 3 is 1.57 bits per heavy atom. The molecule has 406 valence electrons. The van der Waals surface area contributed by atoms with Gasteiger partial charge in [0.2, 0.25) is 0 Å². The molecule has 0 spiro atoms. The Balaban J connectivity index is 0.000000147. The number of nitrogens with zero attached hydrogens (tertiary/aromatic N) is 1. The molecule has 2 bridgehead atoms. The second-order valence-corrected chi connectivity index (χ2v) is 23.7. The van der Waals surface area contributed by atoms with Gasteiger partial charge < -0.3 is 19.3 Å². The van der Waals surface area contributed by atoms with Crippen LogP contribution in [0.2, 0.25) is 0 Å². The molecule has 2 saturated heterocycles. The highest BCUT2D eigenvalue weighted by molar-refractivity contribution is 9.10. The number of alkyl halides is 4. The number of rotatable bonds is 12. The number of fused-ring (bicyclic) bond motifs is 5. The highest BCUT2D eigenvalue weighted by Gasteiger charge is 2.40. The van der Waals surface area contributed by atoms with Crippen LogP contribution < -0.4 is 14.2 Å². The van der Waals surface area contributed by atoms with Crippen LogP contribution in [0.4, 0.5) is 17.6 Å². The molecule has 12 heteroatoms. The van der Waals surface area contributed by atoms with Crippen LogP contribution in [0.15, 0.2) is 102 Å². The number of hydrogen-bond donors (Lipinski definition) is 1. The zero-order chi connectivity index (χ0) is 53.5. The molecular weight excluding hydrogens is 1030 g/mol. The van der Waals surface area contributed by atoms with Crippen LogP contribution >= 0.6 is 15.9 Å². The highest BCUT2D eigenvalue weighted by Crippen LogP contribution is 2.42. The zero-order valence-electron chi connectivity index (χ0n) is 44.2. The minimum atomic E-state index is -2.61. The Morgan fingerprint density at radius 2 is 1.05 bits per heavy atom. The maximum atomic E-state index is 14.2. The van der Waals surface area contributed by atoms with Crippen molar-refractivity contribution >= 4 is 60.5 Å². The molecule has 2 unspecified atom stereocenters. The lowest BCUT2D eigenvalue weighted by atomic mass is 9.78. The minimum Gasteiger partial charge on any atom is -0.490 e. The van der Waals surface area contributed by atoms with Crippen molar-refractivity contribution in [1.29, 1.82) is 0 Å². The molecule has 1 N–H and O–H groups in total. The number of piperidine rings is 2. The van der Waals surface area contributed by atoms with Crippen LogP contribution in [0, 0.1) is 23.7 Å². The predicted molar refractivity (Wildman–Crippen MR) is 298 cm³/mol. The fourth-order valence-corrected chi connectivity index (χ4v) is 13.0. The molecule has 6 aromatic carbocycles. The summed E-state index contributed by atoms with van der Waals surface area (Å²) < 4.78 is 74.8. The minimum absolute atomic E-state index is 0.00168. The molecule has 76 heavy (non-hydrogen) atoms. The number of carbonyl (C=O) groups excluding carboxylic acids is 1. The van der Waals surface area contributed by atoms with E-state index in [0.717, 1.165) is 111 Å². The first-order chi connectivity index (χ1) is 36.7. The second kappa shape index (κ2) is 25.5. The molecule has 2 heterocycles. The van der Waals surface area contributed by atoms with E-state index in [0.29, 0.717) is 58.3 Å². The Labute approximate surface area is 454 Å². The summed E-state index contributed by atoms with van der Waals surface area (Å²) in [6, 6.07) is 30.9. The summed E-state index contributed by atoms with van der Waals surface area (Å²) in [7, 11) is 0. The van der Waals surface area contributed by atoms with Crippen LogP contribution in [0.5, 0.6) is 17.2 Å². The third kappa shape index (κ3) is 13.9. The Morgan fingerprint density at radius 1 is 0.579 bits per heavy atom. The zero-order valence-corrected chi connectivity index (χ0v) is 45.8. The average molecular weight is 1110 g/mol. The molecule has 2 aliphatic heterocycles. The Bertz CT molecular complexity index is 2910. The smallest absolute Gasteiger partial charge is 0.306 e. The first-order valence-electron chi connectivity index (χ1n) is 28.0. The molecule has 0 aromatic heterocycles. The first kappa shape index (κ1) is 55.6. The number of ether oxygens (including phenoxy) is 3. The SMILES string of the molecule is CC1CCC(Oc2ccc3cc(Br)ccc3c2)CC1.CC1CCC(Oc2ccc3cc(C=O)ccc3c2C(F)F)CC1.CC1CCC(Oc2ccc3cc(CN4C5CCCC4CC(C(=O)O)C5)ccc3c2C(F)F)CC1. The Hall–Kier alpha value is -5.20. The lowest BCUT2D eigenvalue weighted by Gasteiger charge is -2.48. The monoisotopic (exact) mass is 1110 g/mol. The molecule has 0 radical (unpaired) electrons. The van der Waals surface area contributed by atoms with Gasteiger partial charge >= 0.3 is 5.97 Å². The molecule has 6 aromatic rings. The molecule has 5 aliphatic rings. The first-order valence-corrected chi connectivity index (χ1v) is 28.8. The fourth-order valence-electron chi connectivity index (χ4n) is 12.6. The van der Waals surface area contributed by atoms with Crippen molar-refractivity contribution in [3.8, 4) is 17.2 Å². The van der Waals surface area contributed by atoms with Gasteiger partial charge in [0.05, 0.1) is 35.4 Å². The van der Waals surface area contributed by atoms with Crippen LogP contribution in [-0.4, -0.2) is 52.7 Å². The number of aldehydes is 1. The van der Waals surface area contributed by atoms with E-state index in [4.69, 9.17) is 14.2 Å². The second-order valence-electron chi connectivity index (χ2n) is 22.8. The van der Waals surface area contributed by atoms with Crippen molar-refractivity contribution in [2.45, 2.75) is 180 Å². The number of carboxylic acids is 1. The van der Waals surface area contributed by atoms with Gasteiger partial charge in [0.25, 0.3) is 12.9 Å². The van der Waals surface area contributed by atoms with Gasteiger partial charge in [0.1, 0.15) is 23.5 Å². The highest BCUT2D eigenvalue weighted by atomic mass is 79.9. The van der Waals surface area contributed by atoms with Crippen molar-refractivity contribution in [3.63, 3.8) is 0 Å². The van der Waals surface area contributed by atoms with Gasteiger partial charge in [-0.05, 0) is 207 Å². The number of carboxylic acid groups (broad SMARTS) is 1. The lowest BCUT2D eigenvalue weighted by molar-refractivity contribution is -0.146. The van der Waals surface area contributed by atoms with Gasteiger partial charge in [0.15, 0.2) is 0 Å². The van der Waals surface area contributed by atoms with Gasteiger partial charge in [-0.25, -0.2) is 17.6 Å². The van der Waals surface area contributed by atoms with Crippen molar-refractivity contribution in [2.24, 2.45) is 23.7 Å². The number of benzene rings is 6. The van der Waals surface area contributed by atoms with Crippen molar-refractivity contribution in [3.05, 3.63) is 124 Å². The molecule has 3 saturated carbocycles. The summed E-state index contributed by atoms with van der Waals surface area (Å²) in [5.41, 5.74) is 1.50. The predicted octanol–water partition coefficient (Wildman–Crippen LogP) is 18.1. The lowest BCUT2D eigenvalue weighted by Crippen LogP contribution is -2.52. The standard InChI is InChI=1S/C28H35F2NO3.C19H20F2O2.C17H19BrO/c1-17-5-9-23(10-6-17)34-25-12-8-19-13-18(7-11-24(19)26(25)27(29)30)16-31-21-3-2-4-22(31)15-20(14-21)28(32)33;1-12-2-6-15(7-3-12)23-17-9-5-14-10-13(11-22)4-8-16(14)18(17)19(20)21;1-12-2-7-16(8-3-12)19-17-9-5-13-10-15(18)6-4-14(13)11-17/h7-8,11-13,17,20-23,27H,2-6,9-10,14-16H2,1H3,(H,32,33);4-5,8-12,15,19H,2-3,6-7H2,1H3;4-6,9-12,16H,2-3,7-8H2,1H3. The van der Waals surface area contributed by atoms with E-state index >= 15 is 0 Å². The summed E-state index contributed by atoms with van der Waals surface area (Å²) >= 11 is 3.50. The van der Waals surface area contributed by atoms with Crippen LogP contribution in [0.3, 0.4) is 0 Å². The largest absolute Gasteiger partial charge is 0.490 e. The summed E-state index contributed by atoms with van der Waals surface area (Å²) in [5.74, 6) is 2.90. The van der Waals surface area contributed by atoms with Gasteiger partial charge in [-0.2, -0.15) is 0 Å². The molecule has 5 fully saturated rings. The van der Waals surface area contributed by atoms with E-state index in [1.807, 2.05) is 24.3 Å². The van der Waals surface area contributed by atoms with E-state index < -0.39 is 18.8 Å². The summed E-state index contributed by atoms with van der Waals surface area (Å²) in [4.78, 5) is 24.9. The van der Waals surface area contributed by atoms with E-state index in [1.54, 1.807) is 36.4 Å². The van der Waals surface area contributed by atoms with E-state index in [-0.39, 0.29) is 47.1 Å². The van der Waals surface area contributed by atoms with Gasteiger partial charge in [-0.15, -0.1) is 0 Å². The van der Waals surface area contributed by atoms with Gasteiger partial charge in [-0.1, -0.05) is 91.7 Å². The number of aliphatic carboxylic acids is 1. The topological polar surface area (TPSA) is 85.3 Å². The summed E-state index contributed by atoms with van der Waals surface area (Å²) in [6.07, 6.45) is 13.5. The van der Waals surface area contributed by atoms with Crippen molar-refractivity contribution < 1.29 is 46.5 Å². The fraction of sp³-hybridized carbons (Fsp3) is 0.500. The molecule has 0 amide bonds.